The highest BCUT2D eigenvalue weighted by molar-refractivity contribution is 8.07. The lowest BCUT2D eigenvalue weighted by molar-refractivity contribution is -0.162. The zero-order chi connectivity index (χ0) is 15.8. The number of hydrogen-bond acceptors (Lipinski definition) is 5. The summed E-state index contributed by atoms with van der Waals surface area (Å²) in [5, 5.41) is 2.71. The van der Waals surface area contributed by atoms with Gasteiger partial charge in [-0.15, -0.1) is 0 Å². The van der Waals surface area contributed by atoms with E-state index in [1.165, 1.54) is 0 Å². The monoisotopic (exact) mass is 303 g/mol. The maximum atomic E-state index is 12.4. The van der Waals surface area contributed by atoms with Crippen molar-refractivity contribution in [1.82, 2.24) is 5.32 Å². The summed E-state index contributed by atoms with van der Waals surface area (Å²) in [6.07, 6.45) is -0.599. The van der Waals surface area contributed by atoms with Gasteiger partial charge in [0.05, 0.1) is 0 Å². The van der Waals surface area contributed by atoms with Crippen LogP contribution in [0.1, 0.15) is 48.5 Å². The van der Waals surface area contributed by atoms with E-state index in [1.54, 1.807) is 60.2 Å². The molecule has 0 aromatic rings. The van der Waals surface area contributed by atoms with E-state index in [0.717, 1.165) is 5.75 Å². The van der Waals surface area contributed by atoms with E-state index in [0.29, 0.717) is 0 Å². The second-order valence-corrected chi connectivity index (χ2v) is 8.39. The van der Waals surface area contributed by atoms with E-state index >= 15 is 0 Å². The Morgan fingerprint density at radius 2 is 1.45 bits per heavy atom. The minimum absolute atomic E-state index is 0.0323. The molecule has 1 amide bonds. The summed E-state index contributed by atoms with van der Waals surface area (Å²) < 4.78 is 10.6. The van der Waals surface area contributed by atoms with Crippen LogP contribution in [0, 0.1) is 0 Å². The van der Waals surface area contributed by atoms with Crippen LogP contribution in [0.15, 0.2) is 0 Å². The zero-order valence-electron chi connectivity index (χ0n) is 13.3. The second-order valence-electron chi connectivity index (χ2n) is 7.15. The average molecular weight is 303 g/mol. The molecule has 0 spiro atoms. The number of esters is 1. The van der Waals surface area contributed by atoms with Gasteiger partial charge in [-0.25, -0.2) is 9.59 Å². The van der Waals surface area contributed by atoms with E-state index in [-0.39, 0.29) is 5.25 Å². The number of hydrogen-bond donors (Lipinski definition) is 1. The highest BCUT2D eigenvalue weighted by atomic mass is 32.2. The molecule has 5 nitrogen and oxygen atoms in total. The first-order chi connectivity index (χ1) is 8.83. The Hall–Kier alpha value is -0.910. The van der Waals surface area contributed by atoms with Gasteiger partial charge in [-0.1, -0.05) is 0 Å². The summed E-state index contributed by atoms with van der Waals surface area (Å²) in [7, 11) is 0. The Morgan fingerprint density at radius 1 is 1.00 bits per heavy atom. The molecule has 0 bridgehead atoms. The molecule has 0 radical (unpaired) electrons. The molecular formula is C14H25NO4S. The number of amides is 1. The summed E-state index contributed by atoms with van der Waals surface area (Å²) in [4.78, 5) is 24.3. The van der Waals surface area contributed by atoms with Gasteiger partial charge in [-0.2, -0.15) is 11.8 Å². The van der Waals surface area contributed by atoms with Gasteiger partial charge in [0.15, 0.2) is 5.54 Å². The van der Waals surface area contributed by atoms with Gasteiger partial charge < -0.3 is 14.8 Å². The molecule has 2 atom stereocenters. The lowest BCUT2D eigenvalue weighted by Crippen LogP contribution is -2.58. The number of carbonyl (C=O) groups excluding carboxylic acids is 2. The third kappa shape index (κ3) is 5.23. The molecule has 2 unspecified atom stereocenters. The first-order valence-corrected chi connectivity index (χ1v) is 7.74. The number of ether oxygens (including phenoxy) is 2. The molecule has 0 aromatic heterocycles. The van der Waals surface area contributed by atoms with Crippen molar-refractivity contribution in [2.75, 3.05) is 5.75 Å². The van der Waals surface area contributed by atoms with Gasteiger partial charge in [0.25, 0.3) is 0 Å². The highest BCUT2D eigenvalue weighted by Crippen LogP contribution is 2.40. The van der Waals surface area contributed by atoms with Gasteiger partial charge in [0.1, 0.15) is 11.2 Å². The number of alkyl carbamates (subject to hydrolysis) is 1. The molecule has 0 aromatic carbocycles. The predicted molar refractivity (Wildman–Crippen MR) is 79.9 cm³/mol. The van der Waals surface area contributed by atoms with Crippen LogP contribution < -0.4 is 5.32 Å². The van der Waals surface area contributed by atoms with Crippen molar-refractivity contribution < 1.29 is 19.1 Å². The fourth-order valence-corrected chi connectivity index (χ4v) is 2.46. The first-order valence-electron chi connectivity index (χ1n) is 6.70. The average Bonchev–Trinajstić information content (AvgIpc) is 2.93. The number of nitrogens with one attached hydrogen (secondary N) is 1. The minimum atomic E-state index is -1.06. The van der Waals surface area contributed by atoms with Gasteiger partial charge in [-0.3, -0.25) is 0 Å². The molecule has 1 heterocycles. The van der Waals surface area contributed by atoms with E-state index in [1.807, 2.05) is 0 Å². The van der Waals surface area contributed by atoms with Gasteiger partial charge in [0, 0.05) is 11.0 Å². The maximum absolute atomic E-state index is 12.4. The molecule has 1 fully saturated rings. The molecule has 20 heavy (non-hydrogen) atoms. The third-order valence-electron chi connectivity index (χ3n) is 2.56. The van der Waals surface area contributed by atoms with E-state index in [4.69, 9.17) is 9.47 Å². The Kier molecular flexibility index (Phi) is 4.69. The number of rotatable bonds is 3. The summed E-state index contributed by atoms with van der Waals surface area (Å²) in [5.41, 5.74) is -2.25. The Labute approximate surface area is 125 Å². The smallest absolute Gasteiger partial charge is 0.408 e. The third-order valence-corrected chi connectivity index (χ3v) is 3.70. The molecule has 1 aliphatic rings. The van der Waals surface area contributed by atoms with Gasteiger partial charge in [-0.05, 0) is 48.5 Å². The standard InChI is InChI=1S/C14H25NO4S/c1-12(2,3)18-10(16)14(7,9-8-20-9)15-11(17)19-13(4,5)6/h9H,8H2,1-7H3,(H,15,17). The predicted octanol–water partition coefficient (Wildman–Crippen LogP) is 2.73. The van der Waals surface area contributed by atoms with Crippen molar-refractivity contribution >= 4 is 23.8 Å². The fourth-order valence-electron chi connectivity index (χ4n) is 1.54. The summed E-state index contributed by atoms with van der Waals surface area (Å²) in [5.74, 6) is 0.400. The summed E-state index contributed by atoms with van der Waals surface area (Å²) in [6, 6.07) is 0. The molecule has 1 aliphatic heterocycles. The molecule has 6 heteroatoms. The van der Waals surface area contributed by atoms with Crippen LogP contribution >= 0.6 is 11.8 Å². The minimum Gasteiger partial charge on any atom is -0.458 e. The van der Waals surface area contributed by atoms with Crippen LogP contribution in [0.4, 0.5) is 4.79 Å². The van der Waals surface area contributed by atoms with Crippen molar-refractivity contribution in [2.24, 2.45) is 0 Å². The largest absolute Gasteiger partial charge is 0.458 e. The van der Waals surface area contributed by atoms with Crippen molar-refractivity contribution in [3.05, 3.63) is 0 Å². The number of thioether (sulfide) groups is 1. The van der Waals surface area contributed by atoms with Crippen LogP contribution in [-0.4, -0.2) is 39.8 Å². The first kappa shape index (κ1) is 17.1. The van der Waals surface area contributed by atoms with Gasteiger partial charge in [0.2, 0.25) is 0 Å². The SMILES string of the molecule is CC(C)(C)OC(=O)NC(C)(C(=O)OC(C)(C)C)C1CS1. The molecule has 116 valence electrons. The van der Waals surface area contributed by atoms with E-state index < -0.39 is 28.8 Å². The van der Waals surface area contributed by atoms with Crippen molar-refractivity contribution in [1.29, 1.82) is 0 Å². The fraction of sp³-hybridized carbons (Fsp3) is 0.857. The molecule has 1 rings (SSSR count). The van der Waals surface area contributed by atoms with Crippen LogP contribution in [0.3, 0.4) is 0 Å². The summed E-state index contributed by atoms with van der Waals surface area (Å²) in [6.45, 7) is 12.4. The Bertz CT molecular complexity index is 393. The second kappa shape index (κ2) is 5.47. The molecule has 0 aliphatic carbocycles. The molecule has 1 saturated heterocycles. The summed E-state index contributed by atoms with van der Waals surface area (Å²) >= 11 is 1.62. The normalized spacial score (nSPS) is 21.6. The van der Waals surface area contributed by atoms with Gasteiger partial charge >= 0.3 is 12.1 Å². The molecular weight excluding hydrogens is 278 g/mol. The van der Waals surface area contributed by atoms with Crippen molar-refractivity contribution in [3.63, 3.8) is 0 Å². The maximum Gasteiger partial charge on any atom is 0.408 e. The quantitative estimate of drug-likeness (QED) is 0.641. The van der Waals surface area contributed by atoms with Crippen LogP contribution in [0.5, 0.6) is 0 Å². The topological polar surface area (TPSA) is 64.6 Å². The van der Waals surface area contributed by atoms with Crippen LogP contribution in [-0.2, 0) is 14.3 Å². The van der Waals surface area contributed by atoms with E-state index in [2.05, 4.69) is 5.32 Å². The van der Waals surface area contributed by atoms with Crippen LogP contribution in [0.2, 0.25) is 0 Å². The Morgan fingerprint density at radius 3 is 1.80 bits per heavy atom. The lowest BCUT2D eigenvalue weighted by atomic mass is 9.98. The lowest BCUT2D eigenvalue weighted by Gasteiger charge is -2.32. The molecule has 0 saturated carbocycles. The van der Waals surface area contributed by atoms with Crippen molar-refractivity contribution in [3.8, 4) is 0 Å². The van der Waals surface area contributed by atoms with Crippen molar-refractivity contribution in [2.45, 2.75) is 70.5 Å². The Balaban J connectivity index is 2.77. The highest BCUT2D eigenvalue weighted by Gasteiger charge is 2.52. The van der Waals surface area contributed by atoms with E-state index in [9.17, 15) is 9.59 Å². The molecule has 1 N–H and O–H groups in total. The number of carbonyl (C=O) groups is 2. The zero-order valence-corrected chi connectivity index (χ0v) is 14.1. The van der Waals surface area contributed by atoms with Crippen LogP contribution in [0.25, 0.3) is 0 Å².